The van der Waals surface area contributed by atoms with Gasteiger partial charge < -0.3 is 10.4 Å². The molecule has 132 valence electrons. The number of pyridine rings is 1. The summed E-state index contributed by atoms with van der Waals surface area (Å²) in [6.45, 7) is 5.04. The van der Waals surface area contributed by atoms with Crippen LogP contribution in [0.1, 0.15) is 40.2 Å². The van der Waals surface area contributed by atoms with Crippen LogP contribution in [0.5, 0.6) is 0 Å². The number of carbonyl (C=O) groups excluding carboxylic acids is 1. The molecule has 2 aromatic rings. The summed E-state index contributed by atoms with van der Waals surface area (Å²) in [4.78, 5) is 18.9. The van der Waals surface area contributed by atoms with Crippen LogP contribution in [-0.2, 0) is 13.1 Å². The Morgan fingerprint density at radius 3 is 2.60 bits per heavy atom. The van der Waals surface area contributed by atoms with Crippen LogP contribution in [0.3, 0.4) is 0 Å². The van der Waals surface area contributed by atoms with E-state index in [0.29, 0.717) is 12.2 Å². The van der Waals surface area contributed by atoms with Gasteiger partial charge in [-0.25, -0.2) is 4.98 Å². The Labute approximate surface area is 148 Å². The Hall–Kier alpha value is -2.24. The van der Waals surface area contributed by atoms with E-state index in [4.69, 9.17) is 0 Å². The van der Waals surface area contributed by atoms with Crippen molar-refractivity contribution in [2.45, 2.75) is 39.0 Å². The predicted octanol–water partition coefficient (Wildman–Crippen LogP) is 2.28. The van der Waals surface area contributed by atoms with Crippen molar-refractivity contribution in [2.24, 2.45) is 0 Å². The maximum absolute atomic E-state index is 12.3. The molecule has 25 heavy (non-hydrogen) atoms. The largest absolute Gasteiger partial charge is 0.393 e. The van der Waals surface area contributed by atoms with Gasteiger partial charge in [0.2, 0.25) is 0 Å². The van der Waals surface area contributed by atoms with E-state index in [1.807, 2.05) is 31.2 Å². The number of nitrogens with zero attached hydrogens (tertiary/aromatic N) is 2. The lowest BCUT2D eigenvalue weighted by molar-refractivity contribution is 0.0790. The Balaban J connectivity index is 1.62. The van der Waals surface area contributed by atoms with Crippen LogP contribution in [0.15, 0.2) is 42.5 Å². The Kier molecular flexibility index (Phi) is 5.79. The summed E-state index contributed by atoms with van der Waals surface area (Å²) in [5, 5.41) is 12.6. The molecule has 2 N–H and O–H groups in total. The molecular formula is C20H25N3O2. The van der Waals surface area contributed by atoms with Crippen molar-refractivity contribution in [3.05, 3.63) is 65.0 Å². The molecule has 0 radical (unpaired) electrons. The maximum Gasteiger partial charge on any atom is 0.270 e. The number of hydrogen-bond acceptors (Lipinski definition) is 4. The monoisotopic (exact) mass is 339 g/mol. The molecule has 1 aromatic heterocycles. The summed E-state index contributed by atoms with van der Waals surface area (Å²) < 4.78 is 0. The minimum Gasteiger partial charge on any atom is -0.393 e. The van der Waals surface area contributed by atoms with Crippen molar-refractivity contribution in [1.29, 1.82) is 0 Å². The first-order valence-corrected chi connectivity index (χ1v) is 8.81. The second kappa shape index (κ2) is 8.23. The molecule has 1 aromatic carbocycles. The molecule has 0 bridgehead atoms. The van der Waals surface area contributed by atoms with Gasteiger partial charge >= 0.3 is 0 Å². The Morgan fingerprint density at radius 1 is 1.16 bits per heavy atom. The average molecular weight is 339 g/mol. The molecule has 0 spiro atoms. The first kappa shape index (κ1) is 17.6. The third-order valence-corrected chi connectivity index (χ3v) is 4.63. The van der Waals surface area contributed by atoms with Crippen LogP contribution in [0.25, 0.3) is 0 Å². The van der Waals surface area contributed by atoms with E-state index < -0.39 is 0 Å². The summed E-state index contributed by atoms with van der Waals surface area (Å²) >= 11 is 0. The number of amides is 1. The molecule has 2 heterocycles. The van der Waals surface area contributed by atoms with Crippen molar-refractivity contribution < 1.29 is 9.90 Å². The lowest BCUT2D eigenvalue weighted by Gasteiger charge is -2.30. The van der Waals surface area contributed by atoms with E-state index in [-0.39, 0.29) is 12.0 Å². The van der Waals surface area contributed by atoms with Gasteiger partial charge in [-0.3, -0.25) is 9.69 Å². The van der Waals surface area contributed by atoms with Gasteiger partial charge in [0.25, 0.3) is 5.91 Å². The number of aryl methyl sites for hydroxylation is 1. The number of carbonyl (C=O) groups is 1. The van der Waals surface area contributed by atoms with Gasteiger partial charge in [0.05, 0.1) is 6.10 Å². The lowest BCUT2D eigenvalue weighted by atomic mass is 10.0. The molecule has 0 atom stereocenters. The summed E-state index contributed by atoms with van der Waals surface area (Å²) in [6, 6.07) is 13.6. The van der Waals surface area contributed by atoms with Crippen molar-refractivity contribution in [2.75, 3.05) is 13.1 Å². The summed E-state index contributed by atoms with van der Waals surface area (Å²) in [7, 11) is 0. The number of benzene rings is 1. The third-order valence-electron chi connectivity index (χ3n) is 4.63. The van der Waals surface area contributed by atoms with Crippen molar-refractivity contribution in [3.63, 3.8) is 0 Å². The number of aromatic nitrogens is 1. The van der Waals surface area contributed by atoms with Crippen molar-refractivity contribution in [3.8, 4) is 0 Å². The first-order valence-electron chi connectivity index (χ1n) is 8.81. The fourth-order valence-electron chi connectivity index (χ4n) is 3.14. The second-order valence-electron chi connectivity index (χ2n) is 6.62. The minimum absolute atomic E-state index is 0.153. The molecule has 3 rings (SSSR count). The highest BCUT2D eigenvalue weighted by atomic mass is 16.3. The van der Waals surface area contributed by atoms with Crippen molar-refractivity contribution in [1.82, 2.24) is 15.2 Å². The molecule has 0 saturated carbocycles. The standard InChI is InChI=1S/C20H25N3O2/c1-15-5-4-8-19(22-15)20(25)21-13-16-6-2-3-7-17(16)14-23-11-9-18(24)10-12-23/h2-8,18,24H,9-14H2,1H3,(H,21,25). The van der Waals surface area contributed by atoms with Gasteiger partial charge in [-0.15, -0.1) is 0 Å². The number of hydrogen-bond donors (Lipinski definition) is 2. The molecule has 1 aliphatic rings. The molecular weight excluding hydrogens is 314 g/mol. The van der Waals surface area contributed by atoms with Gasteiger partial charge in [-0.1, -0.05) is 30.3 Å². The van der Waals surface area contributed by atoms with Gasteiger partial charge in [-0.2, -0.15) is 0 Å². The summed E-state index contributed by atoms with van der Waals surface area (Å²) in [6.07, 6.45) is 1.50. The summed E-state index contributed by atoms with van der Waals surface area (Å²) in [5.41, 5.74) is 3.62. The molecule has 1 fully saturated rings. The SMILES string of the molecule is Cc1cccc(C(=O)NCc2ccccc2CN2CCC(O)CC2)n1. The second-order valence-corrected chi connectivity index (χ2v) is 6.62. The van der Waals surface area contributed by atoms with Crippen LogP contribution in [0.2, 0.25) is 0 Å². The van der Waals surface area contributed by atoms with Crippen LogP contribution in [0.4, 0.5) is 0 Å². The smallest absolute Gasteiger partial charge is 0.270 e. The zero-order valence-corrected chi connectivity index (χ0v) is 14.6. The van der Waals surface area contributed by atoms with Gasteiger partial charge in [0.15, 0.2) is 0 Å². The van der Waals surface area contributed by atoms with E-state index in [0.717, 1.165) is 43.7 Å². The first-order chi connectivity index (χ1) is 12.1. The normalized spacial score (nSPS) is 15.9. The van der Waals surface area contributed by atoms with E-state index in [9.17, 15) is 9.90 Å². The van der Waals surface area contributed by atoms with Gasteiger partial charge in [0, 0.05) is 31.9 Å². The average Bonchev–Trinajstić information content (AvgIpc) is 2.62. The summed E-state index contributed by atoms with van der Waals surface area (Å²) in [5.74, 6) is -0.153. The van der Waals surface area contributed by atoms with E-state index >= 15 is 0 Å². The van der Waals surface area contributed by atoms with Crippen LogP contribution in [-0.4, -0.2) is 40.1 Å². The zero-order valence-electron chi connectivity index (χ0n) is 14.6. The quantitative estimate of drug-likeness (QED) is 0.877. The fraction of sp³-hybridized carbons (Fsp3) is 0.400. The minimum atomic E-state index is -0.160. The topological polar surface area (TPSA) is 65.5 Å². The predicted molar refractivity (Wildman–Crippen MR) is 97.1 cm³/mol. The number of aliphatic hydroxyl groups excluding tert-OH is 1. The lowest BCUT2D eigenvalue weighted by Crippen LogP contribution is -2.35. The number of likely N-dealkylation sites (tertiary alicyclic amines) is 1. The highest BCUT2D eigenvalue weighted by molar-refractivity contribution is 5.92. The molecule has 0 aliphatic carbocycles. The molecule has 0 unspecified atom stereocenters. The molecule has 5 heteroatoms. The number of piperidine rings is 1. The van der Waals surface area contributed by atoms with Gasteiger partial charge in [-0.05, 0) is 43.0 Å². The van der Waals surface area contributed by atoms with E-state index in [1.54, 1.807) is 6.07 Å². The van der Waals surface area contributed by atoms with Crippen LogP contribution in [0, 0.1) is 6.92 Å². The maximum atomic E-state index is 12.3. The van der Waals surface area contributed by atoms with Crippen molar-refractivity contribution >= 4 is 5.91 Å². The Bertz CT molecular complexity index is 724. The molecule has 1 amide bonds. The number of aliphatic hydroxyl groups is 1. The fourth-order valence-corrected chi connectivity index (χ4v) is 3.14. The number of nitrogens with one attached hydrogen (secondary N) is 1. The van der Waals surface area contributed by atoms with Gasteiger partial charge in [0.1, 0.15) is 5.69 Å². The highest BCUT2D eigenvalue weighted by Gasteiger charge is 2.18. The van der Waals surface area contributed by atoms with E-state index in [1.165, 1.54) is 5.56 Å². The molecule has 1 aliphatic heterocycles. The zero-order chi connectivity index (χ0) is 17.6. The van der Waals surface area contributed by atoms with E-state index in [2.05, 4.69) is 27.3 Å². The van der Waals surface area contributed by atoms with Crippen LogP contribution >= 0.6 is 0 Å². The molecule has 5 nitrogen and oxygen atoms in total. The van der Waals surface area contributed by atoms with Crippen LogP contribution < -0.4 is 5.32 Å². The third kappa shape index (κ3) is 4.87. The highest BCUT2D eigenvalue weighted by Crippen LogP contribution is 2.16. The Morgan fingerprint density at radius 2 is 1.88 bits per heavy atom. The number of rotatable bonds is 5. The molecule has 1 saturated heterocycles.